The van der Waals surface area contributed by atoms with Gasteiger partial charge in [0.15, 0.2) is 0 Å². The Morgan fingerprint density at radius 1 is 1.53 bits per heavy atom. The van der Waals surface area contributed by atoms with Crippen LogP contribution < -0.4 is 5.32 Å². The first kappa shape index (κ1) is 10.0. The van der Waals surface area contributed by atoms with Crippen molar-refractivity contribution in [3.05, 3.63) is 30.3 Å². The van der Waals surface area contributed by atoms with E-state index in [9.17, 15) is 4.79 Å². The van der Waals surface area contributed by atoms with Gasteiger partial charge in [-0.15, -0.1) is 0 Å². The molecule has 0 amide bonds. The summed E-state index contributed by atoms with van der Waals surface area (Å²) < 4.78 is 12.8. The van der Waals surface area contributed by atoms with Crippen LogP contribution in [-0.2, 0) is 9.53 Å². The van der Waals surface area contributed by atoms with Crippen LogP contribution in [0.1, 0.15) is 21.6 Å². The fraction of sp³-hybridized carbons (Fsp3) is 0.417. The first-order valence-corrected chi connectivity index (χ1v) is 5.02. The summed E-state index contributed by atoms with van der Waals surface area (Å²) in [5.74, 6) is -0.358. The number of para-hydroxylation sites is 1. The average Bonchev–Trinajstić information content (AvgIpc) is 2.17. The zero-order chi connectivity index (χ0) is 12.0. The highest BCUT2D eigenvalue weighted by molar-refractivity contribution is 5.70. The van der Waals surface area contributed by atoms with Gasteiger partial charge in [-0.1, -0.05) is 18.2 Å². The minimum Gasteiger partial charge on any atom is -0.466 e. The molecule has 1 N–H and O–H groups in total. The van der Waals surface area contributed by atoms with Gasteiger partial charge in [0.05, 0.1) is 14.4 Å². The van der Waals surface area contributed by atoms with Gasteiger partial charge in [-0.3, -0.25) is 4.79 Å². The van der Waals surface area contributed by atoms with Gasteiger partial charge < -0.3 is 10.1 Å². The van der Waals surface area contributed by atoms with Gasteiger partial charge in [0.25, 0.3) is 0 Å². The maximum Gasteiger partial charge on any atom is 0.307 e. The highest BCUT2D eigenvalue weighted by Gasteiger charge is 2.08. The summed E-state index contributed by atoms with van der Waals surface area (Å²) in [6.45, 7) is 3.75. The molecule has 1 unspecified atom stereocenters. The molecule has 15 heavy (non-hydrogen) atoms. The van der Waals surface area contributed by atoms with E-state index in [-0.39, 0.29) is 12.4 Å². The van der Waals surface area contributed by atoms with E-state index in [4.69, 9.17) is 6.11 Å². The van der Waals surface area contributed by atoms with E-state index in [0.29, 0.717) is 6.61 Å². The van der Waals surface area contributed by atoms with E-state index >= 15 is 0 Å². The monoisotopic (exact) mass is 208 g/mol. The fourth-order valence-corrected chi connectivity index (χ4v) is 1.24. The number of ether oxygens (including phenoxy) is 1. The maximum absolute atomic E-state index is 11.3. The number of esters is 1. The van der Waals surface area contributed by atoms with Crippen LogP contribution in [0, 0.1) is 0 Å². The van der Waals surface area contributed by atoms with E-state index < -0.39 is 6.02 Å². The van der Waals surface area contributed by atoms with Crippen LogP contribution in [0.4, 0.5) is 5.69 Å². The number of anilines is 1. The number of carbonyl (C=O) groups is 1. The first-order valence-electron chi connectivity index (χ1n) is 5.52. The van der Waals surface area contributed by atoms with Crippen molar-refractivity contribution in [2.45, 2.75) is 26.3 Å². The molecule has 3 nitrogen and oxygen atoms in total. The molecule has 1 rings (SSSR count). The third kappa shape index (κ3) is 4.49. The minimum atomic E-state index is -1.05. The third-order valence-corrected chi connectivity index (χ3v) is 1.85. The Bertz CT molecular complexity index is 338. The van der Waals surface area contributed by atoms with Gasteiger partial charge in [0.1, 0.15) is 0 Å². The second-order valence-corrected chi connectivity index (χ2v) is 3.25. The molecule has 0 spiro atoms. The van der Waals surface area contributed by atoms with Gasteiger partial charge in [0, 0.05) is 11.7 Å². The van der Waals surface area contributed by atoms with E-state index in [0.717, 1.165) is 5.69 Å². The van der Waals surface area contributed by atoms with Crippen LogP contribution >= 0.6 is 0 Å². The summed E-state index contributed by atoms with van der Waals surface area (Å²) in [5, 5.41) is 2.97. The van der Waals surface area contributed by atoms with Crippen molar-refractivity contribution < 1.29 is 10.9 Å². The number of rotatable bonds is 5. The average molecular weight is 208 g/mol. The predicted octanol–water partition coefficient (Wildman–Crippen LogP) is 2.44. The number of carbonyl (C=O) groups excluding carboxylic acids is 1. The highest BCUT2D eigenvalue weighted by atomic mass is 16.5. The zero-order valence-corrected chi connectivity index (χ0v) is 9.12. The molecule has 3 heteroatoms. The molecule has 1 atom stereocenters. The summed E-state index contributed by atoms with van der Waals surface area (Å²) >= 11 is 0. The normalized spacial score (nSPS) is 14.9. The molecule has 0 aliphatic carbocycles. The Hall–Kier alpha value is -1.51. The summed E-state index contributed by atoms with van der Waals surface area (Å²) in [7, 11) is 0. The van der Waals surface area contributed by atoms with Gasteiger partial charge >= 0.3 is 5.97 Å². The fourth-order valence-electron chi connectivity index (χ4n) is 1.24. The van der Waals surface area contributed by atoms with Crippen LogP contribution in [0.15, 0.2) is 30.3 Å². The summed E-state index contributed by atoms with van der Waals surface area (Å²) in [6.07, 6.45) is 0.0235. The van der Waals surface area contributed by atoms with E-state index in [2.05, 4.69) is 5.32 Å². The molecular weight excluding hydrogens is 190 g/mol. The molecule has 0 saturated carbocycles. The smallest absolute Gasteiger partial charge is 0.307 e. The number of hydrogen-bond acceptors (Lipinski definition) is 3. The van der Waals surface area contributed by atoms with Crippen molar-refractivity contribution in [1.29, 1.82) is 0 Å². The second kappa shape index (κ2) is 6.06. The Labute approximate surface area is 91.9 Å². The standard InChI is InChI=1S/C12H17NO2/c1-3-15-12(14)9-10(2)13-11-7-5-4-6-8-11/h4-8,10,13H,3,9H2,1-2H3/i10D. The molecule has 0 aliphatic rings. The van der Waals surface area contributed by atoms with Gasteiger partial charge in [-0.25, -0.2) is 0 Å². The van der Waals surface area contributed by atoms with Crippen molar-refractivity contribution in [3.63, 3.8) is 0 Å². The molecular formula is C12H17NO2. The quantitative estimate of drug-likeness (QED) is 0.755. The second-order valence-electron chi connectivity index (χ2n) is 3.25. The largest absolute Gasteiger partial charge is 0.466 e. The molecule has 1 aromatic rings. The van der Waals surface area contributed by atoms with Gasteiger partial charge in [0.2, 0.25) is 0 Å². The lowest BCUT2D eigenvalue weighted by Crippen LogP contribution is -2.20. The van der Waals surface area contributed by atoms with Crippen molar-refractivity contribution in [2.24, 2.45) is 0 Å². The Kier molecular flexibility index (Phi) is 4.05. The lowest BCUT2D eigenvalue weighted by atomic mass is 10.2. The van der Waals surface area contributed by atoms with E-state index in [1.54, 1.807) is 13.8 Å². The van der Waals surface area contributed by atoms with Crippen LogP contribution in [0.2, 0.25) is 0 Å². The minimum absolute atomic E-state index is 0.0235. The lowest BCUT2D eigenvalue weighted by Gasteiger charge is -2.14. The Balaban J connectivity index is 2.54. The molecule has 0 radical (unpaired) electrons. The SMILES string of the molecule is [2H]C(C)(CC(=O)OCC)Nc1ccccc1. The van der Waals surface area contributed by atoms with Crippen molar-refractivity contribution >= 4 is 11.7 Å². The molecule has 0 bridgehead atoms. The molecule has 0 fully saturated rings. The van der Waals surface area contributed by atoms with Crippen molar-refractivity contribution in [1.82, 2.24) is 0 Å². The summed E-state index contributed by atoms with van der Waals surface area (Å²) in [6, 6.07) is 8.33. The maximum atomic E-state index is 11.3. The predicted molar refractivity (Wildman–Crippen MR) is 60.8 cm³/mol. The van der Waals surface area contributed by atoms with E-state index in [1.165, 1.54) is 0 Å². The third-order valence-electron chi connectivity index (χ3n) is 1.85. The summed E-state index contributed by atoms with van der Waals surface area (Å²) in [4.78, 5) is 11.3. The zero-order valence-electron chi connectivity index (χ0n) is 10.1. The molecule has 0 aliphatic heterocycles. The first-order chi connectivity index (χ1) is 7.53. The number of benzene rings is 1. The highest BCUT2D eigenvalue weighted by Crippen LogP contribution is 2.08. The van der Waals surface area contributed by atoms with Crippen molar-refractivity contribution in [3.8, 4) is 0 Å². The Morgan fingerprint density at radius 2 is 2.20 bits per heavy atom. The molecule has 82 valence electrons. The van der Waals surface area contributed by atoms with E-state index in [1.807, 2.05) is 30.3 Å². The number of hydrogen-bond donors (Lipinski definition) is 1. The Morgan fingerprint density at radius 3 is 2.80 bits per heavy atom. The summed E-state index contributed by atoms with van der Waals surface area (Å²) in [5.41, 5.74) is 0.823. The lowest BCUT2D eigenvalue weighted by molar-refractivity contribution is -0.143. The van der Waals surface area contributed by atoms with Gasteiger partial charge in [-0.05, 0) is 26.0 Å². The topological polar surface area (TPSA) is 38.3 Å². The van der Waals surface area contributed by atoms with Gasteiger partial charge in [-0.2, -0.15) is 0 Å². The molecule has 0 heterocycles. The van der Waals surface area contributed by atoms with Crippen LogP contribution in [0.25, 0.3) is 0 Å². The molecule has 1 aromatic carbocycles. The van der Waals surface area contributed by atoms with Crippen molar-refractivity contribution in [2.75, 3.05) is 11.9 Å². The number of nitrogens with one attached hydrogen (secondary N) is 1. The molecule has 0 saturated heterocycles. The van der Waals surface area contributed by atoms with Crippen LogP contribution in [0.3, 0.4) is 0 Å². The van der Waals surface area contributed by atoms with Crippen LogP contribution in [-0.4, -0.2) is 18.6 Å². The van der Waals surface area contributed by atoms with Crippen LogP contribution in [0.5, 0.6) is 0 Å². The molecule has 0 aromatic heterocycles.